The molecule has 0 radical (unpaired) electrons. The van der Waals surface area contributed by atoms with Crippen molar-refractivity contribution in [3.8, 4) is 0 Å². The number of para-hydroxylation sites is 1. The van der Waals surface area contributed by atoms with Crippen LogP contribution in [0.3, 0.4) is 0 Å². The van der Waals surface area contributed by atoms with Crippen LogP contribution in [0.25, 0.3) is 0 Å². The Morgan fingerprint density at radius 2 is 1.74 bits per heavy atom. The fourth-order valence-corrected chi connectivity index (χ4v) is 3.36. The van der Waals surface area contributed by atoms with Crippen molar-refractivity contribution < 1.29 is 22.4 Å². The quantitative estimate of drug-likeness (QED) is 0.652. The number of sulfonamides is 1. The van der Waals surface area contributed by atoms with E-state index in [1.165, 1.54) is 24.3 Å². The van der Waals surface area contributed by atoms with Gasteiger partial charge >= 0.3 is 5.97 Å². The summed E-state index contributed by atoms with van der Waals surface area (Å²) in [6.07, 6.45) is 0. The van der Waals surface area contributed by atoms with Crippen LogP contribution in [-0.4, -0.2) is 19.4 Å². The molecule has 0 atom stereocenters. The average Bonchev–Trinajstić information content (AvgIpc) is 2.98. The zero-order valence-corrected chi connectivity index (χ0v) is 15.6. The van der Waals surface area contributed by atoms with E-state index in [4.69, 9.17) is 9.15 Å². The summed E-state index contributed by atoms with van der Waals surface area (Å²) in [6, 6.07) is 14.0. The number of rotatable bonds is 6. The van der Waals surface area contributed by atoms with Crippen molar-refractivity contribution in [2.45, 2.75) is 25.3 Å². The number of nitrogens with one attached hydrogen (secondary N) is 1. The van der Waals surface area contributed by atoms with Crippen LogP contribution < -0.4 is 4.72 Å². The van der Waals surface area contributed by atoms with Crippen LogP contribution in [0.1, 0.15) is 27.7 Å². The van der Waals surface area contributed by atoms with Gasteiger partial charge in [0.25, 0.3) is 10.0 Å². The summed E-state index contributed by atoms with van der Waals surface area (Å²) in [7, 11) is -3.74. The Morgan fingerprint density at radius 3 is 2.33 bits per heavy atom. The van der Waals surface area contributed by atoms with Crippen LogP contribution in [0.2, 0.25) is 0 Å². The lowest BCUT2D eigenvalue weighted by atomic mass is 10.2. The van der Waals surface area contributed by atoms with Crippen molar-refractivity contribution in [1.82, 2.24) is 4.98 Å². The van der Waals surface area contributed by atoms with Gasteiger partial charge in [-0.25, -0.2) is 18.2 Å². The molecule has 8 heteroatoms. The van der Waals surface area contributed by atoms with E-state index in [0.29, 0.717) is 17.3 Å². The number of carbonyl (C=O) groups excluding carboxylic acids is 1. The summed E-state index contributed by atoms with van der Waals surface area (Å²) in [5.74, 6) is 0.384. The van der Waals surface area contributed by atoms with Crippen molar-refractivity contribution in [3.05, 3.63) is 77.5 Å². The number of benzene rings is 2. The molecular weight excluding hydrogens is 368 g/mol. The molecule has 140 valence electrons. The SMILES string of the molecule is Cc1nc(COC(=O)c2ccc(S(=O)(=O)Nc3ccccc3)cc2)oc1C. The predicted octanol–water partition coefficient (Wildman–Crippen LogP) is 3.45. The van der Waals surface area contributed by atoms with Crippen molar-refractivity contribution in [3.63, 3.8) is 0 Å². The number of anilines is 1. The Hall–Kier alpha value is -3.13. The van der Waals surface area contributed by atoms with Gasteiger partial charge in [0.1, 0.15) is 5.76 Å². The third kappa shape index (κ3) is 4.53. The van der Waals surface area contributed by atoms with Crippen LogP contribution in [-0.2, 0) is 21.4 Å². The minimum atomic E-state index is -3.74. The molecule has 1 N–H and O–H groups in total. The summed E-state index contributed by atoms with van der Waals surface area (Å²) in [5, 5.41) is 0. The minimum Gasteiger partial charge on any atom is -0.452 e. The number of carbonyl (C=O) groups is 1. The fourth-order valence-electron chi connectivity index (χ4n) is 2.30. The minimum absolute atomic E-state index is 0.0434. The molecule has 3 aromatic rings. The molecule has 0 aliphatic rings. The van der Waals surface area contributed by atoms with E-state index in [1.807, 2.05) is 0 Å². The summed E-state index contributed by atoms with van der Waals surface area (Å²) in [5.41, 5.74) is 1.42. The monoisotopic (exact) mass is 386 g/mol. The number of esters is 1. The third-order valence-corrected chi connectivity index (χ3v) is 5.22. The van der Waals surface area contributed by atoms with Gasteiger partial charge in [-0.15, -0.1) is 0 Å². The first-order valence-corrected chi connectivity index (χ1v) is 9.61. The highest BCUT2D eigenvalue weighted by molar-refractivity contribution is 7.92. The van der Waals surface area contributed by atoms with Crippen molar-refractivity contribution in [2.24, 2.45) is 0 Å². The lowest BCUT2D eigenvalue weighted by molar-refractivity contribution is 0.0437. The van der Waals surface area contributed by atoms with Crippen molar-refractivity contribution in [1.29, 1.82) is 0 Å². The van der Waals surface area contributed by atoms with Gasteiger partial charge in [-0.05, 0) is 50.2 Å². The first-order chi connectivity index (χ1) is 12.8. The molecule has 27 heavy (non-hydrogen) atoms. The molecule has 1 aromatic heterocycles. The maximum Gasteiger partial charge on any atom is 0.338 e. The van der Waals surface area contributed by atoms with Crippen LogP contribution in [0, 0.1) is 13.8 Å². The predicted molar refractivity (Wildman–Crippen MR) is 98.8 cm³/mol. The molecule has 0 aliphatic heterocycles. The number of hydrogen-bond donors (Lipinski definition) is 1. The topological polar surface area (TPSA) is 98.5 Å². The number of oxazole rings is 1. The highest BCUT2D eigenvalue weighted by Crippen LogP contribution is 2.17. The average molecular weight is 386 g/mol. The molecule has 1 heterocycles. The van der Waals surface area contributed by atoms with Gasteiger partial charge in [0, 0.05) is 5.69 Å². The molecule has 0 unspecified atom stereocenters. The fraction of sp³-hybridized carbons (Fsp3) is 0.158. The van der Waals surface area contributed by atoms with Gasteiger partial charge in [0.15, 0.2) is 6.61 Å². The van der Waals surface area contributed by atoms with Gasteiger partial charge in [-0.1, -0.05) is 18.2 Å². The number of aryl methyl sites for hydroxylation is 2. The van der Waals surface area contributed by atoms with E-state index in [2.05, 4.69) is 9.71 Å². The van der Waals surface area contributed by atoms with E-state index in [1.54, 1.807) is 44.2 Å². The second-order valence-corrected chi connectivity index (χ2v) is 7.50. The molecule has 0 spiro atoms. The molecule has 7 nitrogen and oxygen atoms in total. The molecule has 0 saturated heterocycles. The molecule has 0 aliphatic carbocycles. The van der Waals surface area contributed by atoms with Crippen LogP contribution in [0.5, 0.6) is 0 Å². The van der Waals surface area contributed by atoms with Gasteiger partial charge in [-0.3, -0.25) is 4.72 Å². The maximum absolute atomic E-state index is 12.4. The zero-order valence-electron chi connectivity index (χ0n) is 14.8. The van der Waals surface area contributed by atoms with Gasteiger partial charge < -0.3 is 9.15 Å². The van der Waals surface area contributed by atoms with E-state index in [-0.39, 0.29) is 17.1 Å². The summed E-state index contributed by atoms with van der Waals surface area (Å²) in [4.78, 5) is 16.3. The largest absolute Gasteiger partial charge is 0.452 e. The Balaban J connectivity index is 1.66. The van der Waals surface area contributed by atoms with Crippen molar-refractivity contribution in [2.75, 3.05) is 4.72 Å². The van der Waals surface area contributed by atoms with Crippen LogP contribution >= 0.6 is 0 Å². The maximum atomic E-state index is 12.4. The lowest BCUT2D eigenvalue weighted by Crippen LogP contribution is -2.13. The third-order valence-electron chi connectivity index (χ3n) is 3.83. The van der Waals surface area contributed by atoms with E-state index < -0.39 is 16.0 Å². The normalized spacial score (nSPS) is 11.2. The molecular formula is C19H18N2O5S. The first-order valence-electron chi connectivity index (χ1n) is 8.13. The number of nitrogens with zero attached hydrogens (tertiary/aromatic N) is 1. The molecule has 2 aromatic carbocycles. The van der Waals surface area contributed by atoms with Crippen LogP contribution in [0.4, 0.5) is 5.69 Å². The molecule has 0 amide bonds. The Morgan fingerprint density at radius 1 is 1.07 bits per heavy atom. The molecule has 0 saturated carbocycles. The highest BCUT2D eigenvalue weighted by atomic mass is 32.2. The highest BCUT2D eigenvalue weighted by Gasteiger charge is 2.16. The smallest absolute Gasteiger partial charge is 0.338 e. The van der Waals surface area contributed by atoms with Gasteiger partial charge in [0.2, 0.25) is 5.89 Å². The summed E-state index contributed by atoms with van der Waals surface area (Å²) in [6.45, 7) is 3.48. The lowest BCUT2D eigenvalue weighted by Gasteiger charge is -2.08. The summed E-state index contributed by atoms with van der Waals surface area (Å²) >= 11 is 0. The second kappa shape index (κ2) is 7.63. The Bertz CT molecular complexity index is 1020. The standard InChI is InChI=1S/C19H18N2O5S/c1-13-14(2)26-18(20-13)12-25-19(22)15-8-10-17(11-9-15)27(23,24)21-16-6-4-3-5-7-16/h3-11,21H,12H2,1-2H3. The number of ether oxygens (including phenoxy) is 1. The van der Waals surface area contributed by atoms with Crippen LogP contribution in [0.15, 0.2) is 63.9 Å². The summed E-state index contributed by atoms with van der Waals surface area (Å²) < 4.78 is 37.7. The zero-order chi connectivity index (χ0) is 19.4. The van der Waals surface area contributed by atoms with Gasteiger partial charge in [-0.2, -0.15) is 0 Å². The van der Waals surface area contributed by atoms with E-state index >= 15 is 0 Å². The number of hydrogen-bond acceptors (Lipinski definition) is 6. The molecule has 3 rings (SSSR count). The van der Waals surface area contributed by atoms with E-state index in [0.717, 1.165) is 5.69 Å². The van der Waals surface area contributed by atoms with E-state index in [9.17, 15) is 13.2 Å². The van der Waals surface area contributed by atoms with Crippen molar-refractivity contribution >= 4 is 21.7 Å². The Labute approximate surface area is 157 Å². The first kappa shape index (κ1) is 18.7. The Kier molecular flexibility index (Phi) is 5.27. The molecule has 0 bridgehead atoms. The molecule has 0 fully saturated rings. The number of aromatic nitrogens is 1. The van der Waals surface area contributed by atoms with Gasteiger partial charge in [0.05, 0.1) is 16.2 Å². The second-order valence-electron chi connectivity index (χ2n) is 5.82.